The number of nitrogens with one attached hydrogen (secondary N) is 3. The number of pyridine rings is 1. The van der Waals surface area contributed by atoms with Gasteiger partial charge in [-0.05, 0) is 37.3 Å². The van der Waals surface area contributed by atoms with E-state index in [2.05, 4.69) is 27.0 Å². The van der Waals surface area contributed by atoms with Crippen molar-refractivity contribution >= 4 is 23.6 Å². The van der Waals surface area contributed by atoms with Crippen LogP contribution in [0.2, 0.25) is 0 Å². The average Bonchev–Trinajstić information content (AvgIpc) is 3.08. The number of halogens is 3. The number of carbonyl (C=O) groups excluding carboxylic acids is 2. The Bertz CT molecular complexity index is 1320. The molecule has 0 radical (unpaired) electrons. The van der Waals surface area contributed by atoms with Crippen molar-refractivity contribution in [2.45, 2.75) is 18.6 Å². The second kappa shape index (κ2) is 9.82. The number of benzene rings is 1. The number of fused-ring (bicyclic) bond motifs is 1. The second-order valence-corrected chi connectivity index (χ2v) is 9.06. The fourth-order valence-electron chi connectivity index (χ4n) is 4.61. The summed E-state index contributed by atoms with van der Waals surface area (Å²) in [5.41, 5.74) is 0.451. The summed E-state index contributed by atoms with van der Waals surface area (Å²) in [5.74, 6) is -2.91. The maximum absolute atomic E-state index is 13.4. The van der Waals surface area contributed by atoms with Crippen LogP contribution in [0.1, 0.15) is 23.6 Å². The monoisotopic (exact) mass is 532 g/mol. The van der Waals surface area contributed by atoms with Gasteiger partial charge >= 0.3 is 18.2 Å². The minimum Gasteiger partial charge on any atom is -0.478 e. The Morgan fingerprint density at radius 3 is 2.50 bits per heavy atom. The van der Waals surface area contributed by atoms with Gasteiger partial charge in [0.2, 0.25) is 5.88 Å². The number of carboxylic acid groups (broad SMARTS) is 1. The van der Waals surface area contributed by atoms with E-state index in [0.29, 0.717) is 42.1 Å². The zero-order valence-electron chi connectivity index (χ0n) is 20.1. The molecule has 2 saturated heterocycles. The number of aliphatic carboxylic acids is 1. The first-order valence-electron chi connectivity index (χ1n) is 11.5. The van der Waals surface area contributed by atoms with Crippen LogP contribution in [0.4, 0.5) is 23.7 Å². The molecule has 2 aromatic rings. The number of anilines is 1. The van der Waals surface area contributed by atoms with Gasteiger partial charge in [-0.3, -0.25) is 4.79 Å². The largest absolute Gasteiger partial charge is 0.490 e. The summed E-state index contributed by atoms with van der Waals surface area (Å²) in [6, 6.07) is 10.1. The minimum atomic E-state index is -5.08. The van der Waals surface area contributed by atoms with Crippen LogP contribution < -0.4 is 20.7 Å². The van der Waals surface area contributed by atoms with Crippen LogP contribution in [0.3, 0.4) is 0 Å². The number of hydrogen-bond donors (Lipinski definition) is 4. The van der Waals surface area contributed by atoms with Gasteiger partial charge in [0, 0.05) is 49.0 Å². The number of alkyl halides is 3. The highest BCUT2D eigenvalue weighted by atomic mass is 19.4. The first-order chi connectivity index (χ1) is 18.0. The maximum atomic E-state index is 13.4. The van der Waals surface area contributed by atoms with E-state index in [-0.39, 0.29) is 17.3 Å². The van der Waals surface area contributed by atoms with E-state index in [0.717, 1.165) is 13.1 Å². The van der Waals surface area contributed by atoms with Gasteiger partial charge in [0.15, 0.2) is 5.54 Å². The number of carbonyl (C=O) groups is 3. The molecule has 3 aliphatic rings. The first-order valence-corrected chi connectivity index (χ1v) is 11.5. The molecule has 14 heteroatoms. The average molecular weight is 532 g/mol. The topological polar surface area (TPSA) is 157 Å². The van der Waals surface area contributed by atoms with Crippen LogP contribution in [0.25, 0.3) is 0 Å². The summed E-state index contributed by atoms with van der Waals surface area (Å²) < 4.78 is 37.4. The fourth-order valence-corrected chi connectivity index (χ4v) is 4.61. The van der Waals surface area contributed by atoms with Gasteiger partial charge in [-0.15, -0.1) is 0 Å². The number of nitrogens with zero attached hydrogens (tertiary/aromatic N) is 3. The molecule has 200 valence electrons. The summed E-state index contributed by atoms with van der Waals surface area (Å²) in [7, 11) is 0. The second-order valence-electron chi connectivity index (χ2n) is 9.06. The summed E-state index contributed by atoms with van der Waals surface area (Å²) in [6.45, 7) is 5.25. The molecule has 38 heavy (non-hydrogen) atoms. The van der Waals surface area contributed by atoms with Crippen LogP contribution in [-0.4, -0.2) is 71.9 Å². The molecule has 0 aliphatic carbocycles. The van der Waals surface area contributed by atoms with Gasteiger partial charge in [-0.2, -0.15) is 18.4 Å². The minimum absolute atomic E-state index is 0.152. The molecule has 4 heterocycles. The number of urea groups is 1. The number of rotatable bonds is 4. The molecule has 1 aromatic carbocycles. The van der Waals surface area contributed by atoms with Gasteiger partial charge in [0.1, 0.15) is 0 Å². The van der Waals surface area contributed by atoms with Crippen molar-refractivity contribution in [2.24, 2.45) is 5.41 Å². The maximum Gasteiger partial charge on any atom is 0.490 e. The van der Waals surface area contributed by atoms with Gasteiger partial charge in [0.05, 0.1) is 23.8 Å². The zero-order chi connectivity index (χ0) is 27.7. The molecule has 0 bridgehead atoms. The van der Waals surface area contributed by atoms with E-state index in [1.807, 2.05) is 6.92 Å². The van der Waals surface area contributed by atoms with Gasteiger partial charge in [-0.25, -0.2) is 14.6 Å². The van der Waals surface area contributed by atoms with Crippen molar-refractivity contribution in [3.63, 3.8) is 0 Å². The Balaban J connectivity index is 0.000000426. The van der Waals surface area contributed by atoms with Gasteiger partial charge in [-0.1, -0.05) is 0 Å². The number of amides is 3. The molecule has 11 nitrogen and oxygen atoms in total. The normalized spacial score (nSPS) is 20.5. The van der Waals surface area contributed by atoms with Gasteiger partial charge < -0.3 is 30.7 Å². The Morgan fingerprint density at radius 1 is 1.26 bits per heavy atom. The van der Waals surface area contributed by atoms with Crippen molar-refractivity contribution in [2.75, 3.05) is 38.1 Å². The molecule has 4 N–H and O–H groups in total. The van der Waals surface area contributed by atoms with E-state index in [4.69, 9.17) is 14.6 Å². The highest BCUT2D eigenvalue weighted by Gasteiger charge is 2.55. The molecule has 3 aliphatic heterocycles. The van der Waals surface area contributed by atoms with Crippen molar-refractivity contribution < 1.29 is 37.4 Å². The lowest BCUT2D eigenvalue weighted by atomic mass is 9.74. The molecule has 1 atom stereocenters. The van der Waals surface area contributed by atoms with Crippen LogP contribution in [0.15, 0.2) is 36.5 Å². The SMILES string of the molecule is CCOc1ncccc1C1(NC(=O)N2CC3(CNC3)C2)C(=O)Nc2ccc(C#N)cc21.O=C(O)C(F)(F)F. The third kappa shape index (κ3) is 4.68. The molecule has 1 aromatic heterocycles. The van der Waals surface area contributed by atoms with E-state index in [9.17, 15) is 28.0 Å². The predicted octanol–water partition coefficient (Wildman–Crippen LogP) is 1.80. The number of hydrogen-bond acceptors (Lipinski definition) is 7. The molecule has 0 saturated carbocycles. The van der Waals surface area contributed by atoms with Crippen molar-refractivity contribution in [3.8, 4) is 11.9 Å². The fraction of sp³-hybridized carbons (Fsp3) is 0.375. The Kier molecular flexibility index (Phi) is 6.90. The lowest BCUT2D eigenvalue weighted by Gasteiger charge is -2.56. The summed E-state index contributed by atoms with van der Waals surface area (Å²) in [4.78, 5) is 41.6. The summed E-state index contributed by atoms with van der Waals surface area (Å²) >= 11 is 0. The predicted molar refractivity (Wildman–Crippen MR) is 125 cm³/mol. The standard InChI is InChI=1S/C22H22N6O3.C2HF3O2/c1-2-31-18-15(4-3-7-25-18)22(27-20(30)28-12-21(13-28)10-24-11-21)16-8-14(9-23)5-6-17(16)26-19(22)29;3-2(4,5)1(6)7/h3-8,24H,2,10-13H2,1H3,(H,26,29)(H,27,30);(H,6,7). The Hall–Kier alpha value is -4.38. The van der Waals surface area contributed by atoms with Crippen molar-refractivity contribution in [3.05, 3.63) is 53.2 Å². The van der Waals surface area contributed by atoms with E-state index >= 15 is 0 Å². The first kappa shape index (κ1) is 26.7. The number of carboxylic acids is 1. The summed E-state index contributed by atoms with van der Waals surface area (Å²) in [5, 5.41) is 25.6. The summed E-state index contributed by atoms with van der Waals surface area (Å²) in [6.07, 6.45) is -3.51. The van der Waals surface area contributed by atoms with Crippen LogP contribution >= 0.6 is 0 Å². The number of aromatic nitrogens is 1. The van der Waals surface area contributed by atoms with Crippen LogP contribution in [0.5, 0.6) is 5.88 Å². The molecule has 2 fully saturated rings. The van der Waals surface area contributed by atoms with E-state index in [1.165, 1.54) is 0 Å². The smallest absolute Gasteiger partial charge is 0.478 e. The quantitative estimate of drug-likeness (QED) is 0.464. The molecular formula is C24H23F3N6O5. The lowest BCUT2D eigenvalue weighted by Crippen LogP contribution is -2.73. The lowest BCUT2D eigenvalue weighted by molar-refractivity contribution is -0.192. The Morgan fingerprint density at radius 2 is 1.95 bits per heavy atom. The molecular weight excluding hydrogens is 509 g/mol. The third-order valence-corrected chi connectivity index (χ3v) is 6.47. The highest BCUT2D eigenvalue weighted by Crippen LogP contribution is 2.45. The van der Waals surface area contributed by atoms with Crippen LogP contribution in [0, 0.1) is 16.7 Å². The molecule has 5 rings (SSSR count). The highest BCUT2D eigenvalue weighted by molar-refractivity contribution is 6.10. The van der Waals surface area contributed by atoms with E-state index < -0.39 is 23.6 Å². The molecule has 1 spiro atoms. The number of nitriles is 1. The van der Waals surface area contributed by atoms with Crippen LogP contribution in [-0.2, 0) is 15.1 Å². The number of ether oxygens (including phenoxy) is 1. The van der Waals surface area contributed by atoms with E-state index in [1.54, 1.807) is 41.4 Å². The van der Waals surface area contributed by atoms with Gasteiger partial charge in [0.25, 0.3) is 5.91 Å². The number of likely N-dealkylation sites (tertiary alicyclic amines) is 1. The van der Waals surface area contributed by atoms with Crippen molar-refractivity contribution in [1.29, 1.82) is 5.26 Å². The molecule has 1 unspecified atom stereocenters. The Labute approximate surface area is 214 Å². The third-order valence-electron chi connectivity index (χ3n) is 6.47. The molecule has 3 amide bonds. The van der Waals surface area contributed by atoms with Crippen molar-refractivity contribution in [1.82, 2.24) is 20.5 Å². The zero-order valence-corrected chi connectivity index (χ0v) is 20.1.